The minimum absolute atomic E-state index is 0.0320. The summed E-state index contributed by atoms with van der Waals surface area (Å²) in [6.07, 6.45) is 3.61. The lowest BCUT2D eigenvalue weighted by molar-refractivity contribution is -0.139. The number of amides is 2. The van der Waals surface area contributed by atoms with E-state index in [0.717, 1.165) is 42.6 Å². The number of aliphatic carboxylic acids is 1. The number of urea groups is 1. The number of benzene rings is 2. The smallest absolute Gasteiger partial charge is 0.349 e. The topological polar surface area (TPSA) is 167 Å². The molecule has 5 N–H and O–H groups in total. The van der Waals surface area contributed by atoms with Crippen molar-refractivity contribution in [1.29, 1.82) is 0 Å². The summed E-state index contributed by atoms with van der Waals surface area (Å²) < 4.78 is 5.16. The zero-order valence-electron chi connectivity index (χ0n) is 21.2. The second kappa shape index (κ2) is 12.4. The Hall–Kier alpha value is -4.09. The Morgan fingerprint density at radius 3 is 2.38 bits per heavy atom. The summed E-state index contributed by atoms with van der Waals surface area (Å²) in [5.74, 6) is -3.41. The molecule has 3 aromatic rings. The zero-order valence-corrected chi connectivity index (χ0v) is 22.8. The van der Waals surface area contributed by atoms with Gasteiger partial charge in [-0.05, 0) is 66.5 Å². The third-order valence-electron chi connectivity index (χ3n) is 6.88. The predicted octanol–water partition coefficient (Wildman–Crippen LogP) is 5.79. The van der Waals surface area contributed by atoms with Crippen molar-refractivity contribution < 1.29 is 39.2 Å². The highest BCUT2D eigenvalue weighted by molar-refractivity contribution is 7.18. The first-order chi connectivity index (χ1) is 19.0. The number of primary amides is 1. The van der Waals surface area contributed by atoms with E-state index in [2.05, 4.69) is 0 Å². The number of carboxylic acids is 3. The third kappa shape index (κ3) is 6.54. The van der Waals surface area contributed by atoms with Crippen LogP contribution in [0.15, 0.2) is 48.5 Å². The van der Waals surface area contributed by atoms with Gasteiger partial charge in [0.05, 0.1) is 10.4 Å². The molecule has 0 spiro atoms. The number of hydrogen-bond acceptors (Lipinski definition) is 6. The molecule has 40 heavy (non-hydrogen) atoms. The second-order valence-electron chi connectivity index (χ2n) is 9.55. The van der Waals surface area contributed by atoms with Gasteiger partial charge in [0.25, 0.3) is 0 Å². The number of nitrogens with zero attached hydrogens (tertiary/aromatic N) is 1. The van der Waals surface area contributed by atoms with Crippen LogP contribution in [0.3, 0.4) is 0 Å². The van der Waals surface area contributed by atoms with Crippen LogP contribution in [0, 0.1) is 5.92 Å². The summed E-state index contributed by atoms with van der Waals surface area (Å²) in [4.78, 5) is 48.0. The highest BCUT2D eigenvalue weighted by atomic mass is 35.5. The molecular formula is C28H27ClN2O8S. The lowest BCUT2D eigenvalue weighted by atomic mass is 9.77. The van der Waals surface area contributed by atoms with Crippen LogP contribution in [-0.4, -0.2) is 52.4 Å². The monoisotopic (exact) mass is 586 g/mol. The average molecular weight is 587 g/mol. The Morgan fingerprint density at radius 2 is 1.75 bits per heavy atom. The predicted molar refractivity (Wildman–Crippen MR) is 150 cm³/mol. The number of ether oxygens (including phenoxy) is 1. The van der Waals surface area contributed by atoms with Crippen molar-refractivity contribution in [1.82, 2.24) is 0 Å². The van der Waals surface area contributed by atoms with Crippen molar-refractivity contribution in [2.75, 3.05) is 18.1 Å². The van der Waals surface area contributed by atoms with Crippen LogP contribution in [0.5, 0.6) is 5.75 Å². The van der Waals surface area contributed by atoms with E-state index in [0.29, 0.717) is 22.7 Å². The maximum Gasteiger partial charge on any atom is 0.349 e. The molecule has 0 aliphatic heterocycles. The molecule has 2 atom stereocenters. The molecule has 2 aromatic carbocycles. The molecule has 1 saturated carbocycles. The van der Waals surface area contributed by atoms with Gasteiger partial charge < -0.3 is 25.8 Å². The minimum atomic E-state index is -1.31. The molecule has 0 bridgehead atoms. The first-order valence-corrected chi connectivity index (χ1v) is 13.7. The fraction of sp³-hybridized carbons (Fsp3) is 0.286. The van der Waals surface area contributed by atoms with Crippen LogP contribution in [0.4, 0.5) is 10.5 Å². The van der Waals surface area contributed by atoms with Crippen molar-refractivity contribution in [2.24, 2.45) is 11.7 Å². The Kier molecular flexibility index (Phi) is 8.96. The molecular weight excluding hydrogens is 560 g/mol. The number of carbonyl (C=O) groups excluding carboxylic acids is 1. The molecule has 0 radical (unpaired) electrons. The van der Waals surface area contributed by atoms with Crippen molar-refractivity contribution in [2.45, 2.75) is 31.6 Å². The van der Waals surface area contributed by atoms with Gasteiger partial charge in [-0.25, -0.2) is 19.2 Å². The highest BCUT2D eigenvalue weighted by Crippen LogP contribution is 2.46. The van der Waals surface area contributed by atoms with Gasteiger partial charge in [-0.1, -0.05) is 42.3 Å². The van der Waals surface area contributed by atoms with E-state index in [4.69, 9.17) is 32.3 Å². The van der Waals surface area contributed by atoms with Crippen molar-refractivity contribution in [3.8, 4) is 16.2 Å². The molecule has 2 unspecified atom stereocenters. The normalized spacial score (nSPS) is 16.7. The molecule has 2 amide bonds. The first kappa shape index (κ1) is 28.9. The van der Waals surface area contributed by atoms with Gasteiger partial charge in [-0.3, -0.25) is 4.90 Å². The highest BCUT2D eigenvalue weighted by Gasteiger charge is 2.28. The van der Waals surface area contributed by atoms with Crippen LogP contribution >= 0.6 is 22.9 Å². The summed E-state index contributed by atoms with van der Waals surface area (Å²) in [6, 6.07) is 13.1. The largest absolute Gasteiger partial charge is 0.479 e. The lowest BCUT2D eigenvalue weighted by Gasteiger charge is -2.33. The number of rotatable bonds is 10. The summed E-state index contributed by atoms with van der Waals surface area (Å²) in [7, 11) is 0. The molecule has 210 valence electrons. The molecule has 1 aliphatic carbocycles. The van der Waals surface area contributed by atoms with Crippen LogP contribution in [-0.2, 0) is 4.79 Å². The van der Waals surface area contributed by atoms with E-state index in [1.165, 1.54) is 4.90 Å². The SMILES string of the molecule is NC(=O)N(CC1CCCC(c2ccc(C(=O)O)cc2)C1)c1cccc(-c2sc(C(=O)O)c(OCC(=O)O)c2Cl)c1. The van der Waals surface area contributed by atoms with Crippen LogP contribution in [0.1, 0.15) is 57.2 Å². The number of aromatic carboxylic acids is 2. The molecule has 1 heterocycles. The quantitative estimate of drug-likeness (QED) is 0.231. The van der Waals surface area contributed by atoms with Crippen molar-refractivity contribution >= 4 is 52.6 Å². The van der Waals surface area contributed by atoms with Crippen molar-refractivity contribution in [3.05, 3.63) is 69.6 Å². The molecule has 12 heteroatoms. The van der Waals surface area contributed by atoms with E-state index >= 15 is 0 Å². The molecule has 1 fully saturated rings. The summed E-state index contributed by atoms with van der Waals surface area (Å²) >= 11 is 7.28. The number of carboxylic acid groups (broad SMARTS) is 3. The number of nitrogens with two attached hydrogens (primary N) is 1. The number of hydrogen-bond donors (Lipinski definition) is 4. The molecule has 10 nitrogen and oxygen atoms in total. The molecule has 0 saturated heterocycles. The van der Waals surface area contributed by atoms with Gasteiger partial charge in [0.2, 0.25) is 0 Å². The van der Waals surface area contributed by atoms with Crippen LogP contribution in [0.25, 0.3) is 10.4 Å². The van der Waals surface area contributed by atoms with E-state index < -0.39 is 30.5 Å². The second-order valence-corrected chi connectivity index (χ2v) is 10.9. The fourth-order valence-electron chi connectivity index (χ4n) is 5.04. The number of anilines is 1. The van der Waals surface area contributed by atoms with Gasteiger partial charge in [0.15, 0.2) is 17.2 Å². The zero-order chi connectivity index (χ0) is 29.0. The number of thiophene rings is 1. The van der Waals surface area contributed by atoms with Gasteiger partial charge in [0.1, 0.15) is 5.02 Å². The average Bonchev–Trinajstić information content (AvgIpc) is 3.27. The maximum absolute atomic E-state index is 12.6. The lowest BCUT2D eigenvalue weighted by Crippen LogP contribution is -2.40. The standard InChI is InChI=1S/C28H27ClN2O8S/c29-22-23(39-14-21(32)33)25(27(36)37)40-24(22)19-5-2-6-20(12-19)31(28(30)38)13-15-3-1-4-18(11-15)16-7-9-17(10-8-16)26(34)35/h2,5-10,12,15,18H,1,3-4,11,13-14H2,(H2,30,38)(H,32,33)(H,34,35)(H,36,37). The van der Waals surface area contributed by atoms with Crippen LogP contribution < -0.4 is 15.4 Å². The van der Waals surface area contributed by atoms with E-state index in [9.17, 15) is 24.3 Å². The summed E-state index contributed by atoms with van der Waals surface area (Å²) in [5, 5.41) is 27.7. The first-order valence-electron chi connectivity index (χ1n) is 12.5. The third-order valence-corrected chi connectivity index (χ3v) is 8.56. The number of carbonyl (C=O) groups is 4. The maximum atomic E-state index is 12.6. The number of halogens is 1. The Morgan fingerprint density at radius 1 is 1.02 bits per heavy atom. The fourth-order valence-corrected chi connectivity index (χ4v) is 6.44. The van der Waals surface area contributed by atoms with Gasteiger partial charge >= 0.3 is 23.9 Å². The van der Waals surface area contributed by atoms with Gasteiger partial charge in [-0.15, -0.1) is 11.3 Å². The Balaban J connectivity index is 1.56. The Labute approximate surface area is 238 Å². The van der Waals surface area contributed by atoms with Crippen molar-refractivity contribution in [3.63, 3.8) is 0 Å². The molecule has 4 rings (SSSR count). The molecule has 1 aliphatic rings. The Bertz CT molecular complexity index is 1440. The van der Waals surface area contributed by atoms with Crippen LogP contribution in [0.2, 0.25) is 5.02 Å². The minimum Gasteiger partial charge on any atom is -0.479 e. The van der Waals surface area contributed by atoms with Gasteiger partial charge in [0, 0.05) is 12.2 Å². The van der Waals surface area contributed by atoms with E-state index in [1.54, 1.807) is 36.4 Å². The summed E-state index contributed by atoms with van der Waals surface area (Å²) in [6.45, 7) is -0.383. The molecule has 1 aromatic heterocycles. The summed E-state index contributed by atoms with van der Waals surface area (Å²) in [5.41, 5.74) is 8.11. The van der Waals surface area contributed by atoms with E-state index in [-0.39, 0.29) is 33.0 Å². The van der Waals surface area contributed by atoms with E-state index in [1.807, 2.05) is 12.1 Å². The van der Waals surface area contributed by atoms with Gasteiger partial charge in [-0.2, -0.15) is 0 Å².